The van der Waals surface area contributed by atoms with Gasteiger partial charge in [0.05, 0.1) is 12.1 Å². The lowest BCUT2D eigenvalue weighted by molar-refractivity contribution is -0.137. The molecule has 130 valence electrons. The van der Waals surface area contributed by atoms with E-state index in [-0.39, 0.29) is 19.0 Å². The number of aryl methyl sites for hydroxylation is 2. The molecule has 2 aliphatic heterocycles. The third kappa shape index (κ3) is 2.95. The summed E-state index contributed by atoms with van der Waals surface area (Å²) in [6.45, 7) is 4.35. The summed E-state index contributed by atoms with van der Waals surface area (Å²) in [5, 5.41) is 8.84. The minimum absolute atomic E-state index is 0.0917. The Balaban J connectivity index is 1.64. The average Bonchev–Trinajstić information content (AvgIpc) is 2.98. The second kappa shape index (κ2) is 5.85. The van der Waals surface area contributed by atoms with Crippen LogP contribution < -0.4 is 0 Å². The molecule has 3 heterocycles. The zero-order valence-electron chi connectivity index (χ0n) is 13.7. The summed E-state index contributed by atoms with van der Waals surface area (Å²) >= 11 is 0. The van der Waals surface area contributed by atoms with Gasteiger partial charge in [0.25, 0.3) is 5.91 Å². The van der Waals surface area contributed by atoms with Crippen LogP contribution in [0.4, 0.5) is 4.79 Å². The topological polar surface area (TPSA) is 100 Å². The number of carboxylic acids is 1. The van der Waals surface area contributed by atoms with Gasteiger partial charge in [-0.1, -0.05) is 0 Å². The van der Waals surface area contributed by atoms with Crippen LogP contribution in [-0.4, -0.2) is 64.7 Å². The quantitative estimate of drug-likeness (QED) is 0.896. The van der Waals surface area contributed by atoms with Gasteiger partial charge < -0.3 is 19.2 Å². The maximum absolute atomic E-state index is 12.6. The van der Waals surface area contributed by atoms with Gasteiger partial charge in [-0.05, 0) is 19.9 Å². The zero-order valence-corrected chi connectivity index (χ0v) is 13.7. The van der Waals surface area contributed by atoms with Gasteiger partial charge in [0, 0.05) is 25.9 Å². The molecular formula is C16H20N2O6. The van der Waals surface area contributed by atoms with Crippen molar-refractivity contribution in [2.24, 2.45) is 0 Å². The van der Waals surface area contributed by atoms with Crippen molar-refractivity contribution in [3.63, 3.8) is 0 Å². The summed E-state index contributed by atoms with van der Waals surface area (Å²) in [6, 6.07) is 1.73. The van der Waals surface area contributed by atoms with Crippen LogP contribution in [0.1, 0.15) is 34.7 Å². The van der Waals surface area contributed by atoms with E-state index in [1.165, 1.54) is 4.90 Å². The third-order valence-electron chi connectivity index (χ3n) is 4.60. The van der Waals surface area contributed by atoms with E-state index in [9.17, 15) is 14.4 Å². The SMILES string of the molecule is Cc1cc(C(=O)N2CCC3(CC2)CN(CC(=O)O)C(=O)O3)c(C)o1. The number of piperidine rings is 1. The molecule has 0 aromatic carbocycles. The molecule has 0 radical (unpaired) electrons. The lowest BCUT2D eigenvalue weighted by Crippen LogP contribution is -2.49. The Hall–Kier alpha value is -2.51. The summed E-state index contributed by atoms with van der Waals surface area (Å²) in [4.78, 5) is 38.1. The third-order valence-corrected chi connectivity index (χ3v) is 4.60. The Labute approximate surface area is 139 Å². The fraction of sp³-hybridized carbons (Fsp3) is 0.562. The second-order valence-electron chi connectivity index (χ2n) is 6.42. The molecule has 8 nitrogen and oxygen atoms in total. The molecule has 2 saturated heterocycles. The van der Waals surface area contributed by atoms with Crippen molar-refractivity contribution >= 4 is 18.0 Å². The maximum Gasteiger partial charge on any atom is 0.411 e. The molecule has 0 bridgehead atoms. The van der Waals surface area contributed by atoms with Gasteiger partial charge in [-0.3, -0.25) is 14.5 Å². The first-order valence-corrected chi connectivity index (χ1v) is 7.86. The van der Waals surface area contributed by atoms with Gasteiger partial charge in [-0.15, -0.1) is 0 Å². The smallest absolute Gasteiger partial charge is 0.411 e. The Bertz CT molecular complexity index is 687. The Kier molecular flexibility index (Phi) is 3.98. The van der Waals surface area contributed by atoms with Crippen molar-refractivity contribution in [1.82, 2.24) is 9.80 Å². The van der Waals surface area contributed by atoms with Gasteiger partial charge in [-0.25, -0.2) is 4.79 Å². The number of likely N-dealkylation sites (tertiary alicyclic amines) is 1. The molecule has 1 spiro atoms. The van der Waals surface area contributed by atoms with E-state index in [4.69, 9.17) is 14.3 Å². The van der Waals surface area contributed by atoms with Crippen LogP contribution in [-0.2, 0) is 9.53 Å². The van der Waals surface area contributed by atoms with Gasteiger partial charge in [0.1, 0.15) is 23.7 Å². The predicted molar refractivity (Wildman–Crippen MR) is 81.7 cm³/mol. The number of nitrogens with zero attached hydrogens (tertiary/aromatic N) is 2. The molecule has 8 heteroatoms. The van der Waals surface area contributed by atoms with E-state index in [1.54, 1.807) is 24.8 Å². The summed E-state index contributed by atoms with van der Waals surface area (Å²) in [6.07, 6.45) is 0.394. The summed E-state index contributed by atoms with van der Waals surface area (Å²) < 4.78 is 10.8. The van der Waals surface area contributed by atoms with Crippen molar-refractivity contribution < 1.29 is 28.6 Å². The van der Waals surface area contributed by atoms with Crippen molar-refractivity contribution in [3.05, 3.63) is 23.2 Å². The molecule has 1 aromatic heterocycles. The minimum Gasteiger partial charge on any atom is -0.480 e. The number of aliphatic carboxylic acids is 1. The first kappa shape index (κ1) is 16.4. The van der Waals surface area contributed by atoms with Crippen molar-refractivity contribution in [2.45, 2.75) is 32.3 Å². The van der Waals surface area contributed by atoms with E-state index in [0.717, 1.165) is 0 Å². The number of hydrogen-bond acceptors (Lipinski definition) is 5. The molecule has 0 unspecified atom stereocenters. The monoisotopic (exact) mass is 336 g/mol. The molecule has 2 fully saturated rings. The highest BCUT2D eigenvalue weighted by atomic mass is 16.6. The largest absolute Gasteiger partial charge is 0.480 e. The molecule has 0 atom stereocenters. The molecular weight excluding hydrogens is 316 g/mol. The lowest BCUT2D eigenvalue weighted by atomic mass is 9.91. The molecule has 0 saturated carbocycles. The number of hydrogen-bond donors (Lipinski definition) is 1. The van der Waals surface area contributed by atoms with Crippen molar-refractivity contribution in [2.75, 3.05) is 26.2 Å². The van der Waals surface area contributed by atoms with E-state index in [1.807, 2.05) is 0 Å². The van der Waals surface area contributed by atoms with Gasteiger partial charge >= 0.3 is 12.1 Å². The Morgan fingerprint density at radius 2 is 1.96 bits per heavy atom. The molecule has 2 aliphatic rings. The normalized spacial score (nSPS) is 19.7. The molecule has 2 amide bonds. The van der Waals surface area contributed by atoms with Crippen LogP contribution in [0.25, 0.3) is 0 Å². The van der Waals surface area contributed by atoms with Crippen LogP contribution in [0, 0.1) is 13.8 Å². The number of rotatable bonds is 3. The van der Waals surface area contributed by atoms with Crippen molar-refractivity contribution in [3.8, 4) is 0 Å². The number of ether oxygens (including phenoxy) is 1. The minimum atomic E-state index is -1.07. The summed E-state index contributed by atoms with van der Waals surface area (Å²) in [5.41, 5.74) is -0.135. The average molecular weight is 336 g/mol. The number of amides is 2. The lowest BCUT2D eigenvalue weighted by Gasteiger charge is -2.37. The van der Waals surface area contributed by atoms with Gasteiger partial charge in [0.2, 0.25) is 0 Å². The molecule has 3 rings (SSSR count). The van der Waals surface area contributed by atoms with Crippen LogP contribution in [0.15, 0.2) is 10.5 Å². The molecule has 1 N–H and O–H groups in total. The first-order chi connectivity index (χ1) is 11.3. The molecule has 24 heavy (non-hydrogen) atoms. The van der Waals surface area contributed by atoms with Crippen LogP contribution >= 0.6 is 0 Å². The fourth-order valence-electron chi connectivity index (χ4n) is 3.37. The van der Waals surface area contributed by atoms with E-state index in [0.29, 0.717) is 43.0 Å². The Morgan fingerprint density at radius 3 is 2.50 bits per heavy atom. The zero-order chi connectivity index (χ0) is 17.5. The first-order valence-electron chi connectivity index (χ1n) is 7.86. The predicted octanol–water partition coefficient (Wildman–Crippen LogP) is 1.41. The summed E-state index contributed by atoms with van der Waals surface area (Å²) in [5.74, 6) is 0.129. The van der Waals surface area contributed by atoms with Crippen LogP contribution in [0.2, 0.25) is 0 Å². The van der Waals surface area contributed by atoms with Crippen LogP contribution in [0.5, 0.6) is 0 Å². The highest BCUT2D eigenvalue weighted by Gasteiger charge is 2.48. The van der Waals surface area contributed by atoms with E-state index in [2.05, 4.69) is 0 Å². The van der Waals surface area contributed by atoms with E-state index < -0.39 is 17.7 Å². The van der Waals surface area contributed by atoms with Gasteiger partial charge in [-0.2, -0.15) is 0 Å². The number of carbonyl (C=O) groups excluding carboxylic acids is 2. The fourth-order valence-corrected chi connectivity index (χ4v) is 3.37. The summed E-state index contributed by atoms with van der Waals surface area (Å²) in [7, 11) is 0. The van der Waals surface area contributed by atoms with Crippen molar-refractivity contribution in [1.29, 1.82) is 0 Å². The number of carbonyl (C=O) groups is 3. The second-order valence-corrected chi connectivity index (χ2v) is 6.42. The highest BCUT2D eigenvalue weighted by Crippen LogP contribution is 2.33. The number of carboxylic acid groups (broad SMARTS) is 1. The van der Waals surface area contributed by atoms with E-state index >= 15 is 0 Å². The molecule has 0 aliphatic carbocycles. The number of furan rings is 1. The maximum atomic E-state index is 12.6. The van der Waals surface area contributed by atoms with Gasteiger partial charge in [0.15, 0.2) is 0 Å². The molecule has 1 aromatic rings. The van der Waals surface area contributed by atoms with Crippen LogP contribution in [0.3, 0.4) is 0 Å². The standard InChI is InChI=1S/C16H20N2O6/c1-10-7-12(11(2)23-10)14(21)17-5-3-16(4-6-17)9-18(8-13(19)20)15(22)24-16/h7H,3-6,8-9H2,1-2H3,(H,19,20). The highest BCUT2D eigenvalue weighted by molar-refractivity contribution is 5.95. The Morgan fingerprint density at radius 1 is 1.29 bits per heavy atom.